The number of carboxylic acid groups (broad SMARTS) is 1. The van der Waals surface area contributed by atoms with Gasteiger partial charge in [0, 0.05) is 24.7 Å². The summed E-state index contributed by atoms with van der Waals surface area (Å²) in [6.45, 7) is -0.877. The van der Waals surface area contributed by atoms with Crippen molar-refractivity contribution in [1.82, 2.24) is 25.9 Å². The number of carboxylic acids is 1. The molecule has 0 fully saturated rings. The number of aliphatic carboxylic acids is 1. The number of hydrogen-bond donors (Lipinski definition) is 8. The van der Waals surface area contributed by atoms with Crippen LogP contribution in [0, 0.1) is 0 Å². The van der Waals surface area contributed by atoms with E-state index in [2.05, 4.69) is 25.9 Å². The highest BCUT2D eigenvalue weighted by atomic mass is 32.2. The molecule has 0 saturated heterocycles. The van der Waals surface area contributed by atoms with Crippen LogP contribution in [0.5, 0.6) is 0 Å². The van der Waals surface area contributed by atoms with Gasteiger partial charge in [0.2, 0.25) is 23.6 Å². The van der Waals surface area contributed by atoms with Gasteiger partial charge in [0.05, 0.1) is 19.0 Å². The van der Waals surface area contributed by atoms with Crippen molar-refractivity contribution in [2.24, 2.45) is 11.5 Å². The molecule has 4 atom stereocenters. The summed E-state index contributed by atoms with van der Waals surface area (Å²) in [4.78, 5) is 67.0. The number of hydrogen-bond acceptors (Lipinski definition) is 9. The van der Waals surface area contributed by atoms with E-state index in [0.717, 1.165) is 0 Å². The summed E-state index contributed by atoms with van der Waals surface area (Å²) in [6.07, 6.45) is 4.66. The summed E-state index contributed by atoms with van der Waals surface area (Å²) in [7, 11) is 0. The van der Waals surface area contributed by atoms with Crippen LogP contribution in [0.15, 0.2) is 12.5 Å². The number of rotatable bonds is 16. The van der Waals surface area contributed by atoms with Crippen LogP contribution in [-0.2, 0) is 30.4 Å². The van der Waals surface area contributed by atoms with Crippen LogP contribution in [-0.4, -0.2) is 92.6 Å². The van der Waals surface area contributed by atoms with E-state index in [1.807, 2.05) is 6.26 Å². The third-order valence-corrected chi connectivity index (χ3v) is 5.33. The lowest BCUT2D eigenvalue weighted by Gasteiger charge is -2.24. The standard InChI is InChI=1S/C19H31N7O7S/c1-34-5-4-13(24-16(29)11(20)6-10-7-22-9-23-10)18(31)25-12(2-3-15(21)28)17(30)26-14(8-27)19(32)33/h7,9,11-14,27H,2-6,8,20H2,1H3,(H2,21,28)(H,22,23)(H,24,29)(H,25,31)(H,26,30)(H,32,33). The quantitative estimate of drug-likeness (QED) is 0.113. The molecule has 15 heteroatoms. The van der Waals surface area contributed by atoms with Crippen molar-refractivity contribution in [2.75, 3.05) is 18.6 Å². The zero-order chi connectivity index (χ0) is 25.7. The van der Waals surface area contributed by atoms with Crippen molar-refractivity contribution >= 4 is 41.4 Å². The lowest BCUT2D eigenvalue weighted by atomic mass is 10.1. The number of carbonyl (C=O) groups excluding carboxylic acids is 4. The molecule has 34 heavy (non-hydrogen) atoms. The molecule has 0 aliphatic carbocycles. The van der Waals surface area contributed by atoms with Crippen LogP contribution < -0.4 is 27.4 Å². The van der Waals surface area contributed by atoms with Gasteiger partial charge < -0.3 is 42.6 Å². The maximum Gasteiger partial charge on any atom is 0.328 e. The first kappa shape index (κ1) is 28.9. The fraction of sp³-hybridized carbons (Fsp3) is 0.579. The Hall–Kier alpha value is -3.17. The second-order valence-corrected chi connectivity index (χ2v) is 8.36. The number of H-pyrrole nitrogens is 1. The van der Waals surface area contributed by atoms with Gasteiger partial charge in [-0.05, 0) is 24.9 Å². The van der Waals surface area contributed by atoms with Gasteiger partial charge in [0.15, 0.2) is 0 Å². The van der Waals surface area contributed by atoms with Crippen LogP contribution in [0.2, 0.25) is 0 Å². The lowest BCUT2D eigenvalue weighted by Crippen LogP contribution is -2.57. The molecule has 190 valence electrons. The highest BCUT2D eigenvalue weighted by Gasteiger charge is 2.30. The zero-order valence-corrected chi connectivity index (χ0v) is 19.5. The molecule has 0 aliphatic rings. The Morgan fingerprint density at radius 3 is 2.15 bits per heavy atom. The van der Waals surface area contributed by atoms with Crippen molar-refractivity contribution in [3.63, 3.8) is 0 Å². The van der Waals surface area contributed by atoms with Crippen molar-refractivity contribution in [3.05, 3.63) is 18.2 Å². The Balaban J connectivity index is 2.91. The average Bonchev–Trinajstić information content (AvgIpc) is 3.29. The highest BCUT2D eigenvalue weighted by Crippen LogP contribution is 2.06. The van der Waals surface area contributed by atoms with E-state index in [4.69, 9.17) is 21.7 Å². The summed E-state index contributed by atoms with van der Waals surface area (Å²) >= 11 is 1.43. The molecule has 4 amide bonds. The summed E-state index contributed by atoms with van der Waals surface area (Å²) in [5.74, 6) is -3.97. The molecule has 1 aromatic rings. The number of thioether (sulfide) groups is 1. The number of aromatic nitrogens is 2. The number of nitrogens with zero attached hydrogens (tertiary/aromatic N) is 1. The minimum Gasteiger partial charge on any atom is -0.480 e. The van der Waals surface area contributed by atoms with Crippen molar-refractivity contribution < 1.29 is 34.2 Å². The number of primary amides is 1. The second-order valence-electron chi connectivity index (χ2n) is 7.38. The molecule has 0 aromatic carbocycles. The van der Waals surface area contributed by atoms with Crippen molar-refractivity contribution in [2.45, 2.75) is 49.9 Å². The fourth-order valence-corrected chi connectivity index (χ4v) is 3.27. The molecule has 1 aromatic heterocycles. The van der Waals surface area contributed by atoms with Crippen LogP contribution in [0.3, 0.4) is 0 Å². The molecule has 4 unspecified atom stereocenters. The highest BCUT2D eigenvalue weighted by molar-refractivity contribution is 7.98. The largest absolute Gasteiger partial charge is 0.480 e. The van der Waals surface area contributed by atoms with E-state index < -0.39 is 60.4 Å². The second kappa shape index (κ2) is 14.9. The van der Waals surface area contributed by atoms with Crippen LogP contribution in [0.25, 0.3) is 0 Å². The van der Waals surface area contributed by atoms with E-state index in [1.165, 1.54) is 24.3 Å². The molecule has 0 radical (unpaired) electrons. The van der Waals surface area contributed by atoms with Crippen molar-refractivity contribution in [3.8, 4) is 0 Å². The summed E-state index contributed by atoms with van der Waals surface area (Å²) in [6, 6.07) is -4.96. The van der Waals surface area contributed by atoms with Gasteiger partial charge in [0.1, 0.15) is 18.1 Å². The predicted octanol–water partition coefficient (Wildman–Crippen LogP) is -3.17. The van der Waals surface area contributed by atoms with Crippen LogP contribution in [0.4, 0.5) is 0 Å². The van der Waals surface area contributed by atoms with E-state index in [9.17, 15) is 24.0 Å². The molecule has 0 aliphatic heterocycles. The van der Waals surface area contributed by atoms with Gasteiger partial charge in [-0.25, -0.2) is 9.78 Å². The first-order valence-corrected chi connectivity index (χ1v) is 11.7. The number of aliphatic hydroxyl groups is 1. The Kier molecular flexibility index (Phi) is 12.6. The molecule has 0 bridgehead atoms. The molecule has 1 rings (SSSR count). The van der Waals surface area contributed by atoms with E-state index >= 15 is 0 Å². The average molecular weight is 502 g/mol. The molecule has 0 saturated carbocycles. The van der Waals surface area contributed by atoms with Crippen molar-refractivity contribution in [1.29, 1.82) is 0 Å². The molecule has 14 nitrogen and oxygen atoms in total. The Morgan fingerprint density at radius 1 is 1.06 bits per heavy atom. The Labute approximate surface area is 200 Å². The monoisotopic (exact) mass is 501 g/mol. The van der Waals surface area contributed by atoms with E-state index in [1.54, 1.807) is 0 Å². The molecule has 0 spiro atoms. The topological polar surface area (TPSA) is 243 Å². The van der Waals surface area contributed by atoms with Gasteiger partial charge in [-0.1, -0.05) is 0 Å². The SMILES string of the molecule is CSCCC(NC(=O)C(N)Cc1cnc[nH]1)C(=O)NC(CCC(N)=O)C(=O)NC(CO)C(=O)O. The van der Waals surface area contributed by atoms with Gasteiger partial charge in [-0.2, -0.15) is 11.8 Å². The summed E-state index contributed by atoms with van der Waals surface area (Å²) in [5.41, 5.74) is 11.7. The molecular weight excluding hydrogens is 470 g/mol. The maximum absolute atomic E-state index is 12.9. The summed E-state index contributed by atoms with van der Waals surface area (Å²) < 4.78 is 0. The third-order valence-electron chi connectivity index (χ3n) is 4.68. The number of carbonyl (C=O) groups is 5. The fourth-order valence-electron chi connectivity index (χ4n) is 2.79. The Morgan fingerprint density at radius 2 is 1.65 bits per heavy atom. The first-order chi connectivity index (χ1) is 16.1. The number of nitrogens with one attached hydrogen (secondary N) is 4. The minimum absolute atomic E-state index is 0.157. The minimum atomic E-state index is -1.60. The number of amides is 4. The zero-order valence-electron chi connectivity index (χ0n) is 18.7. The van der Waals surface area contributed by atoms with E-state index in [0.29, 0.717) is 11.4 Å². The third kappa shape index (κ3) is 10.2. The van der Waals surface area contributed by atoms with Crippen LogP contribution >= 0.6 is 11.8 Å². The normalized spacial score (nSPS) is 14.3. The predicted molar refractivity (Wildman–Crippen MR) is 122 cm³/mol. The van der Waals surface area contributed by atoms with Gasteiger partial charge in [-0.3, -0.25) is 19.2 Å². The van der Waals surface area contributed by atoms with Gasteiger partial charge >= 0.3 is 5.97 Å². The Bertz CT molecular complexity index is 837. The number of imidazole rings is 1. The van der Waals surface area contributed by atoms with E-state index in [-0.39, 0.29) is 25.7 Å². The van der Waals surface area contributed by atoms with Gasteiger partial charge in [0.25, 0.3) is 0 Å². The number of aromatic amines is 1. The molecular formula is C19H31N7O7S. The number of aliphatic hydroxyl groups excluding tert-OH is 1. The number of nitrogens with two attached hydrogens (primary N) is 2. The molecule has 1 heterocycles. The van der Waals surface area contributed by atoms with Crippen LogP contribution in [0.1, 0.15) is 25.0 Å². The maximum atomic E-state index is 12.9. The smallest absolute Gasteiger partial charge is 0.328 e. The van der Waals surface area contributed by atoms with Gasteiger partial charge in [-0.15, -0.1) is 0 Å². The first-order valence-electron chi connectivity index (χ1n) is 10.3. The summed E-state index contributed by atoms with van der Waals surface area (Å²) in [5, 5.41) is 25.2. The lowest BCUT2D eigenvalue weighted by molar-refractivity contribution is -0.143. The molecule has 10 N–H and O–H groups in total.